The normalized spacial score (nSPS) is 10.8. The highest BCUT2D eigenvalue weighted by Gasteiger charge is 2.10. The van der Waals surface area contributed by atoms with Gasteiger partial charge in [0.2, 0.25) is 5.13 Å². The predicted molar refractivity (Wildman–Crippen MR) is 80.3 cm³/mol. The number of nitrogen functional groups attached to an aromatic ring is 1. The Morgan fingerprint density at radius 1 is 1.42 bits per heavy atom. The molecule has 0 radical (unpaired) electrons. The van der Waals surface area contributed by atoms with Crippen LogP contribution in [0.3, 0.4) is 0 Å². The van der Waals surface area contributed by atoms with E-state index in [-0.39, 0.29) is 0 Å². The Kier molecular flexibility index (Phi) is 4.73. The third kappa shape index (κ3) is 3.65. The zero-order valence-electron chi connectivity index (χ0n) is 10.7. The first-order chi connectivity index (χ1) is 9.10. The number of ether oxygens (including phenoxy) is 1. The van der Waals surface area contributed by atoms with Gasteiger partial charge in [-0.05, 0) is 29.7 Å². The number of nitrogens with two attached hydrogens (primary N) is 1. The lowest BCUT2D eigenvalue weighted by atomic mass is 10.0. The summed E-state index contributed by atoms with van der Waals surface area (Å²) in [4.78, 5) is 0. The Hall–Kier alpha value is -1.18. The van der Waals surface area contributed by atoms with Gasteiger partial charge in [0.25, 0.3) is 0 Å². The van der Waals surface area contributed by atoms with Crippen LogP contribution in [0.1, 0.15) is 30.3 Å². The molecule has 0 atom stereocenters. The molecule has 1 aromatic heterocycles. The van der Waals surface area contributed by atoms with Crippen molar-refractivity contribution in [1.82, 2.24) is 10.2 Å². The molecular weight excluding hydrogens is 328 g/mol. The van der Waals surface area contributed by atoms with E-state index in [1.807, 2.05) is 12.1 Å². The van der Waals surface area contributed by atoms with Crippen LogP contribution in [0.15, 0.2) is 22.7 Å². The third-order valence-corrected chi connectivity index (χ3v) is 3.86. The zero-order chi connectivity index (χ0) is 13.8. The highest BCUT2D eigenvalue weighted by atomic mass is 79.9. The summed E-state index contributed by atoms with van der Waals surface area (Å²) in [7, 11) is 0. The molecule has 0 spiro atoms. The summed E-state index contributed by atoms with van der Waals surface area (Å²) >= 11 is 4.85. The van der Waals surface area contributed by atoms with Crippen molar-refractivity contribution in [3.63, 3.8) is 0 Å². The Labute approximate surface area is 124 Å². The Morgan fingerprint density at radius 2 is 2.21 bits per heavy atom. The minimum absolute atomic E-state index is 0.390. The van der Waals surface area contributed by atoms with Crippen LogP contribution in [0, 0.1) is 0 Å². The minimum Gasteiger partial charge on any atom is -0.486 e. The first-order valence-electron chi connectivity index (χ1n) is 5.81. The number of nitrogens with one attached hydrogen (secondary N) is 1. The first kappa shape index (κ1) is 14.2. The van der Waals surface area contributed by atoms with Crippen molar-refractivity contribution >= 4 is 32.4 Å². The molecule has 0 aliphatic rings. The van der Waals surface area contributed by atoms with E-state index in [2.05, 4.69) is 51.5 Å². The molecule has 0 aliphatic heterocycles. The van der Waals surface area contributed by atoms with Crippen LogP contribution in [0.2, 0.25) is 0 Å². The summed E-state index contributed by atoms with van der Waals surface area (Å²) in [6.07, 6.45) is 0. The van der Waals surface area contributed by atoms with Crippen molar-refractivity contribution in [2.45, 2.75) is 26.4 Å². The highest BCUT2D eigenvalue weighted by Crippen LogP contribution is 2.30. The molecule has 0 aliphatic carbocycles. The maximum Gasteiger partial charge on any atom is 0.219 e. The molecule has 1 aromatic carbocycles. The molecule has 0 amide bonds. The van der Waals surface area contributed by atoms with Gasteiger partial charge in [0.15, 0.2) is 5.01 Å². The lowest BCUT2D eigenvalue weighted by Crippen LogP contribution is -2.05. The summed E-state index contributed by atoms with van der Waals surface area (Å²) in [6, 6.07) is 6.00. The number of anilines is 1. The lowest BCUT2D eigenvalue weighted by Gasteiger charge is -2.13. The number of hydrogen-bond acceptors (Lipinski definition) is 6. The number of hydrazine groups is 1. The molecule has 2 rings (SSSR count). The van der Waals surface area contributed by atoms with Gasteiger partial charge in [-0.1, -0.05) is 41.1 Å². The standard InChI is InChI=1S/C12H15BrN4OS/c1-7(2)9-5-8(13)3-4-10(9)18-6-11-16-17-12(15-14)19-11/h3-5,7H,6,14H2,1-2H3,(H,15,17). The fourth-order valence-corrected chi connectivity index (χ4v) is 2.55. The van der Waals surface area contributed by atoms with Gasteiger partial charge in [0, 0.05) is 4.47 Å². The molecule has 0 unspecified atom stereocenters. The minimum atomic E-state index is 0.390. The van der Waals surface area contributed by atoms with Gasteiger partial charge in [0.1, 0.15) is 12.4 Å². The zero-order valence-corrected chi connectivity index (χ0v) is 13.1. The summed E-state index contributed by atoms with van der Waals surface area (Å²) in [6.45, 7) is 4.66. The second-order valence-electron chi connectivity index (χ2n) is 4.27. The smallest absolute Gasteiger partial charge is 0.219 e. The average molecular weight is 343 g/mol. The van der Waals surface area contributed by atoms with Gasteiger partial charge in [-0.15, -0.1) is 10.2 Å². The maximum absolute atomic E-state index is 5.82. The second-order valence-corrected chi connectivity index (χ2v) is 6.25. The summed E-state index contributed by atoms with van der Waals surface area (Å²) in [5.41, 5.74) is 3.63. The topological polar surface area (TPSA) is 73.1 Å². The molecule has 1 heterocycles. The number of halogens is 1. The third-order valence-electron chi connectivity index (χ3n) is 2.54. The van der Waals surface area contributed by atoms with E-state index in [1.165, 1.54) is 11.3 Å². The molecular formula is C12H15BrN4OS. The maximum atomic E-state index is 5.82. The summed E-state index contributed by atoms with van der Waals surface area (Å²) in [5, 5.41) is 9.21. The molecule has 0 saturated heterocycles. The molecule has 3 N–H and O–H groups in total. The van der Waals surface area contributed by atoms with Crippen LogP contribution in [-0.2, 0) is 6.61 Å². The van der Waals surface area contributed by atoms with Crippen LogP contribution >= 0.6 is 27.3 Å². The van der Waals surface area contributed by atoms with Crippen LogP contribution in [0.5, 0.6) is 5.75 Å². The summed E-state index contributed by atoms with van der Waals surface area (Å²) < 4.78 is 6.87. The Balaban J connectivity index is 2.10. The van der Waals surface area contributed by atoms with E-state index < -0.39 is 0 Å². The monoisotopic (exact) mass is 342 g/mol. The first-order valence-corrected chi connectivity index (χ1v) is 7.42. The fraction of sp³-hybridized carbons (Fsp3) is 0.333. The van der Waals surface area contributed by atoms with Gasteiger partial charge in [-0.25, -0.2) is 5.84 Å². The van der Waals surface area contributed by atoms with E-state index in [9.17, 15) is 0 Å². The molecule has 2 aromatic rings. The molecule has 0 saturated carbocycles. The highest BCUT2D eigenvalue weighted by molar-refractivity contribution is 9.10. The van der Waals surface area contributed by atoms with Crippen LogP contribution in [0.4, 0.5) is 5.13 Å². The van der Waals surface area contributed by atoms with Crippen LogP contribution in [-0.4, -0.2) is 10.2 Å². The van der Waals surface area contributed by atoms with Crippen molar-refractivity contribution in [3.8, 4) is 5.75 Å². The number of nitrogens with zero attached hydrogens (tertiary/aromatic N) is 2. The van der Waals surface area contributed by atoms with Gasteiger partial charge in [0.05, 0.1) is 0 Å². The molecule has 7 heteroatoms. The van der Waals surface area contributed by atoms with Crippen LogP contribution in [0.25, 0.3) is 0 Å². The number of hydrogen-bond donors (Lipinski definition) is 2. The molecule has 5 nitrogen and oxygen atoms in total. The van der Waals surface area contributed by atoms with Crippen molar-refractivity contribution < 1.29 is 4.74 Å². The number of aromatic nitrogens is 2. The molecule has 102 valence electrons. The molecule has 0 bridgehead atoms. The van der Waals surface area contributed by atoms with Crippen molar-refractivity contribution in [2.75, 3.05) is 5.43 Å². The molecule has 0 fully saturated rings. The van der Waals surface area contributed by atoms with Gasteiger partial charge >= 0.3 is 0 Å². The largest absolute Gasteiger partial charge is 0.486 e. The van der Waals surface area contributed by atoms with E-state index >= 15 is 0 Å². The van der Waals surface area contributed by atoms with Crippen molar-refractivity contribution in [2.24, 2.45) is 5.84 Å². The molecule has 19 heavy (non-hydrogen) atoms. The predicted octanol–water partition coefficient (Wildman–Crippen LogP) is 3.29. The lowest BCUT2D eigenvalue weighted by molar-refractivity contribution is 0.300. The second kappa shape index (κ2) is 6.31. The van der Waals surface area contributed by atoms with Gasteiger partial charge in [-0.2, -0.15) is 0 Å². The van der Waals surface area contributed by atoms with E-state index in [4.69, 9.17) is 10.6 Å². The van der Waals surface area contributed by atoms with E-state index in [1.54, 1.807) is 0 Å². The Bertz CT molecular complexity index is 558. The number of rotatable bonds is 5. The Morgan fingerprint density at radius 3 is 2.84 bits per heavy atom. The number of benzene rings is 1. The van der Waals surface area contributed by atoms with Crippen molar-refractivity contribution in [3.05, 3.63) is 33.2 Å². The van der Waals surface area contributed by atoms with Crippen LogP contribution < -0.4 is 16.0 Å². The average Bonchev–Trinajstić information content (AvgIpc) is 2.85. The van der Waals surface area contributed by atoms with Crippen molar-refractivity contribution in [1.29, 1.82) is 0 Å². The van der Waals surface area contributed by atoms with E-state index in [0.29, 0.717) is 17.7 Å². The van der Waals surface area contributed by atoms with Gasteiger partial charge < -0.3 is 4.74 Å². The van der Waals surface area contributed by atoms with Gasteiger partial charge in [-0.3, -0.25) is 5.43 Å². The van der Waals surface area contributed by atoms with E-state index in [0.717, 1.165) is 20.8 Å². The SMILES string of the molecule is CC(C)c1cc(Br)ccc1OCc1nnc(NN)s1. The fourth-order valence-electron chi connectivity index (χ4n) is 1.61. The summed E-state index contributed by atoms with van der Waals surface area (Å²) in [5.74, 6) is 6.53. The quantitative estimate of drug-likeness (QED) is 0.644.